The first-order chi connectivity index (χ1) is 10.0. The molecule has 2 aromatic rings. The van der Waals surface area contributed by atoms with Crippen LogP contribution in [0, 0.1) is 10.1 Å². The number of benzene rings is 2. The number of nitro groups is 1. The van der Waals surface area contributed by atoms with Crippen LogP contribution in [0.4, 0.5) is 11.4 Å². The average molecular weight is 370 g/mol. The molecule has 0 aliphatic rings. The predicted molar refractivity (Wildman–Crippen MR) is 85.1 cm³/mol. The Balaban J connectivity index is 2.34. The fraction of sp³-hybridized carbons (Fsp3) is 0.0714. The Morgan fingerprint density at radius 1 is 1.29 bits per heavy atom. The number of nitrogens with one attached hydrogen (secondary N) is 1. The maximum absolute atomic E-state index is 12.2. The van der Waals surface area contributed by atoms with Gasteiger partial charge in [0.15, 0.2) is 0 Å². The summed E-state index contributed by atoms with van der Waals surface area (Å²) >= 11 is 9.24. The summed E-state index contributed by atoms with van der Waals surface area (Å²) in [7, 11) is 0. The first-order valence-electron chi connectivity index (χ1n) is 5.92. The molecule has 0 spiro atoms. The number of nitrogens with zero attached hydrogens (tertiary/aromatic N) is 1. The predicted octanol–water partition coefficient (Wildman–Crippen LogP) is 4.40. The van der Waals surface area contributed by atoms with Crippen LogP contribution in [0.15, 0.2) is 42.5 Å². The van der Waals surface area contributed by atoms with E-state index in [9.17, 15) is 14.9 Å². The van der Waals surface area contributed by atoms with Crippen LogP contribution >= 0.6 is 27.5 Å². The highest BCUT2D eigenvalue weighted by Crippen LogP contribution is 2.27. The van der Waals surface area contributed by atoms with Crippen LogP contribution in [0.5, 0.6) is 0 Å². The minimum atomic E-state index is -0.629. The van der Waals surface area contributed by atoms with E-state index >= 15 is 0 Å². The van der Waals surface area contributed by atoms with E-state index in [0.717, 1.165) is 5.56 Å². The number of carbonyl (C=O) groups is 1. The van der Waals surface area contributed by atoms with Crippen molar-refractivity contribution < 1.29 is 9.72 Å². The topological polar surface area (TPSA) is 72.2 Å². The molecule has 0 radical (unpaired) electrons. The zero-order valence-electron chi connectivity index (χ0n) is 10.7. The number of alkyl halides is 1. The van der Waals surface area contributed by atoms with Crippen LogP contribution in [-0.4, -0.2) is 10.8 Å². The lowest BCUT2D eigenvalue weighted by Crippen LogP contribution is -2.14. The number of rotatable bonds is 4. The summed E-state index contributed by atoms with van der Waals surface area (Å²) in [6.07, 6.45) is 0. The van der Waals surface area contributed by atoms with Crippen LogP contribution in [0.3, 0.4) is 0 Å². The molecule has 2 rings (SSSR count). The van der Waals surface area contributed by atoms with Gasteiger partial charge in [0.25, 0.3) is 11.6 Å². The summed E-state index contributed by atoms with van der Waals surface area (Å²) in [6, 6.07) is 11.3. The molecule has 0 heterocycles. The first-order valence-corrected chi connectivity index (χ1v) is 7.42. The van der Waals surface area contributed by atoms with Crippen molar-refractivity contribution in [2.75, 3.05) is 5.32 Å². The van der Waals surface area contributed by atoms with Crippen molar-refractivity contribution in [3.05, 3.63) is 68.7 Å². The molecule has 1 amide bonds. The highest BCUT2D eigenvalue weighted by molar-refractivity contribution is 9.08. The summed E-state index contributed by atoms with van der Waals surface area (Å²) < 4.78 is 0. The second-order valence-corrected chi connectivity index (χ2v) is 5.15. The Morgan fingerprint density at radius 2 is 2.00 bits per heavy atom. The number of halogens is 2. The number of hydrogen-bond acceptors (Lipinski definition) is 3. The lowest BCUT2D eigenvalue weighted by atomic mass is 10.1. The summed E-state index contributed by atoms with van der Waals surface area (Å²) in [5.74, 6) is -0.612. The summed E-state index contributed by atoms with van der Waals surface area (Å²) in [5, 5.41) is 14.3. The minimum absolute atomic E-state index is 0.0401. The zero-order chi connectivity index (χ0) is 15.4. The third-order valence-electron chi connectivity index (χ3n) is 2.75. The minimum Gasteiger partial charge on any atom is -0.322 e. The Hall–Kier alpha value is -1.92. The molecule has 108 valence electrons. The molecular formula is C14H10BrClN2O3. The second-order valence-electron chi connectivity index (χ2n) is 4.18. The van der Waals surface area contributed by atoms with Gasteiger partial charge in [-0.3, -0.25) is 14.9 Å². The molecule has 7 heteroatoms. The molecule has 0 bridgehead atoms. The SMILES string of the molecule is O=C(Nc1cccc(CBr)c1)c1c(Cl)cccc1[N+](=O)[O-]. The molecular weight excluding hydrogens is 360 g/mol. The third kappa shape index (κ3) is 3.59. The molecule has 0 aromatic heterocycles. The van der Waals surface area contributed by atoms with E-state index in [4.69, 9.17) is 11.6 Å². The van der Waals surface area contributed by atoms with E-state index < -0.39 is 10.8 Å². The van der Waals surface area contributed by atoms with Gasteiger partial charge in [-0.25, -0.2) is 0 Å². The van der Waals surface area contributed by atoms with Gasteiger partial charge in [0.2, 0.25) is 0 Å². The number of hydrogen-bond donors (Lipinski definition) is 1. The van der Waals surface area contributed by atoms with Gasteiger partial charge in [0.05, 0.1) is 9.95 Å². The van der Waals surface area contributed by atoms with E-state index in [-0.39, 0.29) is 16.3 Å². The summed E-state index contributed by atoms with van der Waals surface area (Å²) in [5.41, 5.74) is 1.05. The van der Waals surface area contributed by atoms with E-state index in [1.807, 2.05) is 6.07 Å². The van der Waals surface area contributed by atoms with Gasteiger partial charge in [-0.15, -0.1) is 0 Å². The Labute approximate surface area is 134 Å². The lowest BCUT2D eigenvalue weighted by molar-refractivity contribution is -0.385. The smallest absolute Gasteiger partial charge is 0.283 e. The van der Waals surface area contributed by atoms with Gasteiger partial charge in [0, 0.05) is 17.1 Å². The zero-order valence-corrected chi connectivity index (χ0v) is 13.0. The van der Waals surface area contributed by atoms with Gasteiger partial charge < -0.3 is 5.32 Å². The fourth-order valence-corrected chi connectivity index (χ4v) is 2.42. The molecule has 5 nitrogen and oxygen atoms in total. The van der Waals surface area contributed by atoms with E-state index in [1.54, 1.807) is 18.2 Å². The molecule has 0 unspecified atom stereocenters. The Morgan fingerprint density at radius 3 is 2.67 bits per heavy atom. The van der Waals surface area contributed by atoms with Gasteiger partial charge in [-0.2, -0.15) is 0 Å². The normalized spacial score (nSPS) is 10.2. The first kappa shape index (κ1) is 15.5. The second kappa shape index (κ2) is 6.69. The molecule has 2 aromatic carbocycles. The van der Waals surface area contributed by atoms with Crippen molar-refractivity contribution >= 4 is 44.8 Å². The molecule has 0 saturated carbocycles. The maximum Gasteiger partial charge on any atom is 0.283 e. The van der Waals surface area contributed by atoms with Gasteiger partial charge in [-0.1, -0.05) is 45.7 Å². The quantitative estimate of drug-likeness (QED) is 0.493. The van der Waals surface area contributed by atoms with Crippen molar-refractivity contribution in [1.29, 1.82) is 0 Å². The number of carbonyl (C=O) groups excluding carboxylic acids is 1. The van der Waals surface area contributed by atoms with Crippen molar-refractivity contribution in [3.63, 3.8) is 0 Å². The van der Waals surface area contributed by atoms with E-state index in [2.05, 4.69) is 21.2 Å². The molecule has 21 heavy (non-hydrogen) atoms. The molecule has 0 aliphatic heterocycles. The van der Waals surface area contributed by atoms with Crippen LogP contribution < -0.4 is 5.32 Å². The van der Waals surface area contributed by atoms with Crippen LogP contribution in [0.25, 0.3) is 0 Å². The van der Waals surface area contributed by atoms with Crippen LogP contribution in [0.2, 0.25) is 5.02 Å². The standard InChI is InChI=1S/C14H10BrClN2O3/c15-8-9-3-1-4-10(7-9)17-14(19)13-11(16)5-2-6-12(13)18(20)21/h1-7H,8H2,(H,17,19). The highest BCUT2D eigenvalue weighted by atomic mass is 79.9. The molecule has 0 aliphatic carbocycles. The summed E-state index contributed by atoms with van der Waals surface area (Å²) in [4.78, 5) is 22.6. The highest BCUT2D eigenvalue weighted by Gasteiger charge is 2.23. The number of amides is 1. The van der Waals surface area contributed by atoms with Gasteiger partial charge >= 0.3 is 0 Å². The fourth-order valence-electron chi connectivity index (χ4n) is 1.82. The monoisotopic (exact) mass is 368 g/mol. The molecule has 0 fully saturated rings. The number of anilines is 1. The van der Waals surface area contributed by atoms with E-state index in [0.29, 0.717) is 11.0 Å². The van der Waals surface area contributed by atoms with Crippen molar-refractivity contribution in [2.45, 2.75) is 5.33 Å². The van der Waals surface area contributed by atoms with Crippen molar-refractivity contribution in [1.82, 2.24) is 0 Å². The number of nitro benzene ring substituents is 1. The van der Waals surface area contributed by atoms with Crippen LogP contribution in [0.1, 0.15) is 15.9 Å². The van der Waals surface area contributed by atoms with Crippen LogP contribution in [-0.2, 0) is 5.33 Å². The van der Waals surface area contributed by atoms with Crippen molar-refractivity contribution in [2.24, 2.45) is 0 Å². The molecule has 1 N–H and O–H groups in total. The lowest BCUT2D eigenvalue weighted by Gasteiger charge is -2.08. The Bertz CT molecular complexity index is 706. The van der Waals surface area contributed by atoms with E-state index in [1.165, 1.54) is 18.2 Å². The summed E-state index contributed by atoms with van der Waals surface area (Å²) in [6.45, 7) is 0. The molecule has 0 saturated heterocycles. The van der Waals surface area contributed by atoms with Gasteiger partial charge in [0.1, 0.15) is 5.56 Å². The van der Waals surface area contributed by atoms with Gasteiger partial charge in [-0.05, 0) is 23.8 Å². The van der Waals surface area contributed by atoms with Crippen molar-refractivity contribution in [3.8, 4) is 0 Å². The average Bonchev–Trinajstić information content (AvgIpc) is 2.46. The third-order valence-corrected chi connectivity index (χ3v) is 3.72. The molecule has 0 atom stereocenters. The largest absolute Gasteiger partial charge is 0.322 e. The Kier molecular flexibility index (Phi) is 4.93. The maximum atomic E-state index is 12.2.